The Balaban J connectivity index is 3.03. The van der Waals surface area contributed by atoms with Gasteiger partial charge in [0, 0.05) is 6.42 Å². The number of carbonyl (C=O) groups is 1. The molecule has 0 amide bonds. The lowest BCUT2D eigenvalue weighted by molar-refractivity contribution is -0.107. The van der Waals surface area contributed by atoms with Gasteiger partial charge in [0.15, 0.2) is 0 Å². The average Bonchev–Trinajstić information content (AvgIpc) is 2.08. The summed E-state index contributed by atoms with van der Waals surface area (Å²) in [4.78, 5) is 9.93. The summed E-state index contributed by atoms with van der Waals surface area (Å²) in [5, 5.41) is 0. The van der Waals surface area contributed by atoms with Gasteiger partial charge in [-0.25, -0.2) is 0 Å². The minimum Gasteiger partial charge on any atom is -0.449 e. The lowest BCUT2D eigenvalue weighted by atomic mass is 9.83. The Kier molecular flexibility index (Phi) is 7.62. The second kappa shape index (κ2) is 7.89. The summed E-state index contributed by atoms with van der Waals surface area (Å²) in [5.41, 5.74) is 0. The molecule has 0 aliphatic heterocycles. The molecule has 5 heteroatoms. The zero-order valence-corrected chi connectivity index (χ0v) is 8.35. The summed E-state index contributed by atoms with van der Waals surface area (Å²) in [5.74, 6) is 0. The topological polar surface area (TPSA) is 17.1 Å². The third-order valence-electron chi connectivity index (χ3n) is 2.10. The smallest absolute Gasteiger partial charge is 0.449 e. The van der Waals surface area contributed by atoms with Crippen LogP contribution in [0.1, 0.15) is 44.9 Å². The van der Waals surface area contributed by atoms with E-state index in [0.29, 0.717) is 12.8 Å². The molecule has 0 bridgehead atoms. The van der Waals surface area contributed by atoms with Crippen molar-refractivity contribution in [1.82, 2.24) is 0 Å². The van der Waals surface area contributed by atoms with Crippen LogP contribution in [0.5, 0.6) is 0 Å². The van der Waals surface area contributed by atoms with Crippen molar-refractivity contribution < 1.29 is 17.7 Å². The zero-order valence-electron chi connectivity index (χ0n) is 8.35. The Morgan fingerprint density at radius 1 is 0.857 bits per heavy atom. The molecule has 0 aromatic heterocycles. The molecule has 0 heterocycles. The maximum absolute atomic E-state index is 11.8. The van der Waals surface area contributed by atoms with Crippen molar-refractivity contribution in [1.29, 1.82) is 0 Å². The molecule has 0 aromatic carbocycles. The Hall–Kier alpha value is -0.475. The number of carbonyl (C=O) groups excluding carboxylic acids is 1. The molecule has 0 N–H and O–H groups in total. The van der Waals surface area contributed by atoms with Gasteiger partial charge < -0.3 is 17.7 Å². The quantitative estimate of drug-likeness (QED) is 0.321. The Bertz CT molecular complexity index is 147. The fourth-order valence-electron chi connectivity index (χ4n) is 1.31. The predicted molar refractivity (Wildman–Crippen MR) is 52.3 cm³/mol. The molecule has 0 rings (SSSR count). The van der Waals surface area contributed by atoms with Crippen LogP contribution in [0.3, 0.4) is 0 Å². The van der Waals surface area contributed by atoms with Crippen molar-refractivity contribution in [2.75, 3.05) is 0 Å². The summed E-state index contributed by atoms with van der Waals surface area (Å²) < 4.78 is 35.3. The van der Waals surface area contributed by atoms with E-state index in [1.807, 2.05) is 0 Å². The molecule has 0 saturated heterocycles. The summed E-state index contributed by atoms with van der Waals surface area (Å²) in [6.45, 7) is -4.58. The van der Waals surface area contributed by atoms with Crippen molar-refractivity contribution in [2.24, 2.45) is 0 Å². The van der Waals surface area contributed by atoms with Crippen LogP contribution in [0, 0.1) is 0 Å². The Morgan fingerprint density at radius 3 is 1.86 bits per heavy atom. The highest BCUT2D eigenvalue weighted by atomic mass is 19.4. The van der Waals surface area contributed by atoms with Crippen molar-refractivity contribution in [3.8, 4) is 0 Å². The summed E-state index contributed by atoms with van der Waals surface area (Å²) in [6, 6.07) is 0. The highest BCUT2D eigenvalue weighted by molar-refractivity contribution is 6.58. The van der Waals surface area contributed by atoms with Gasteiger partial charge in [0.05, 0.1) is 0 Å². The molecule has 0 radical (unpaired) electrons. The number of unbranched alkanes of at least 4 members (excludes halogenated alkanes) is 6. The third-order valence-corrected chi connectivity index (χ3v) is 2.10. The normalized spacial score (nSPS) is 11.6. The van der Waals surface area contributed by atoms with Gasteiger partial charge in [0.1, 0.15) is 6.29 Å². The van der Waals surface area contributed by atoms with E-state index in [4.69, 9.17) is 0 Å². The van der Waals surface area contributed by atoms with Crippen LogP contribution in [0.4, 0.5) is 12.9 Å². The molecule has 0 aromatic rings. The zero-order chi connectivity index (χ0) is 10.9. The highest BCUT2D eigenvalue weighted by Crippen LogP contribution is 2.19. The average molecular weight is 209 g/mol. The van der Waals surface area contributed by atoms with Gasteiger partial charge in [-0.1, -0.05) is 38.4 Å². The molecule has 14 heavy (non-hydrogen) atoms. The van der Waals surface area contributed by atoms with E-state index < -0.39 is 13.3 Å². The van der Waals surface area contributed by atoms with Crippen molar-refractivity contribution >= 4 is 13.3 Å². The van der Waals surface area contributed by atoms with E-state index in [0.717, 1.165) is 32.0 Å². The maximum Gasteiger partial charge on any atom is 0.478 e. The second-order valence-electron chi connectivity index (χ2n) is 3.58. The van der Waals surface area contributed by atoms with Gasteiger partial charge in [0.2, 0.25) is 0 Å². The molecule has 0 saturated carbocycles. The van der Waals surface area contributed by atoms with Gasteiger partial charge in [-0.3, -0.25) is 0 Å². The molecular weight excluding hydrogens is 192 g/mol. The van der Waals surface area contributed by atoms with E-state index in [1.165, 1.54) is 0 Å². The summed E-state index contributed by atoms with van der Waals surface area (Å²) in [6.07, 6.45) is 5.39. The first-order valence-electron chi connectivity index (χ1n) is 5.21. The van der Waals surface area contributed by atoms with Crippen LogP contribution >= 0.6 is 0 Å². The first-order valence-corrected chi connectivity index (χ1v) is 5.21. The van der Waals surface area contributed by atoms with Crippen LogP contribution in [-0.4, -0.2) is 13.3 Å². The summed E-state index contributed by atoms with van der Waals surface area (Å²) >= 11 is 0. The first kappa shape index (κ1) is 13.5. The molecule has 0 fully saturated rings. The van der Waals surface area contributed by atoms with Gasteiger partial charge in [-0.2, -0.15) is 0 Å². The first-order chi connectivity index (χ1) is 6.56. The van der Waals surface area contributed by atoms with E-state index in [-0.39, 0.29) is 6.42 Å². The summed E-state index contributed by atoms with van der Waals surface area (Å²) in [7, 11) is 0. The number of hydrogen-bond donors (Lipinski definition) is 0. The molecule has 1 nitrogen and oxygen atoms in total. The third kappa shape index (κ3) is 11.5. The number of aldehydes is 1. The van der Waals surface area contributed by atoms with Gasteiger partial charge in [-0.05, 0) is 6.42 Å². The lowest BCUT2D eigenvalue weighted by Gasteiger charge is -2.12. The van der Waals surface area contributed by atoms with Crippen LogP contribution in [0.2, 0.25) is 6.32 Å². The molecule has 0 aliphatic rings. The van der Waals surface area contributed by atoms with Crippen LogP contribution < -0.4 is 0 Å². The Labute approximate surface area is 83.1 Å². The highest BCUT2D eigenvalue weighted by Gasteiger charge is 2.21. The molecule has 0 aliphatic carbocycles. The van der Waals surface area contributed by atoms with Gasteiger partial charge in [-0.15, -0.1) is 0 Å². The largest absolute Gasteiger partial charge is 0.478 e. The minimum absolute atomic E-state index is 0.261. The second-order valence-corrected chi connectivity index (χ2v) is 3.58. The fourth-order valence-corrected chi connectivity index (χ4v) is 1.31. The molecular formula is C9H17BF3O-. The number of hydrogen-bond acceptors (Lipinski definition) is 1. The van der Waals surface area contributed by atoms with Gasteiger partial charge >= 0.3 is 6.98 Å². The lowest BCUT2D eigenvalue weighted by Crippen LogP contribution is -2.13. The van der Waals surface area contributed by atoms with E-state index in [1.54, 1.807) is 0 Å². The van der Waals surface area contributed by atoms with Crippen molar-refractivity contribution in [3.05, 3.63) is 0 Å². The maximum atomic E-state index is 11.8. The van der Waals surface area contributed by atoms with E-state index in [2.05, 4.69) is 0 Å². The fraction of sp³-hybridized carbons (Fsp3) is 0.889. The van der Waals surface area contributed by atoms with Crippen molar-refractivity contribution in [2.45, 2.75) is 51.3 Å². The van der Waals surface area contributed by atoms with E-state index >= 15 is 0 Å². The van der Waals surface area contributed by atoms with Gasteiger partial charge in [0.25, 0.3) is 0 Å². The molecule has 0 unspecified atom stereocenters. The van der Waals surface area contributed by atoms with Crippen LogP contribution in [0.25, 0.3) is 0 Å². The van der Waals surface area contributed by atoms with Crippen molar-refractivity contribution in [3.63, 3.8) is 0 Å². The van der Waals surface area contributed by atoms with Crippen LogP contribution in [0.15, 0.2) is 0 Å². The van der Waals surface area contributed by atoms with Crippen LogP contribution in [-0.2, 0) is 4.79 Å². The molecule has 84 valence electrons. The number of halogens is 3. The molecule has 0 spiro atoms. The number of rotatable bonds is 9. The Morgan fingerprint density at radius 2 is 1.36 bits per heavy atom. The SMILES string of the molecule is O=CCCCCCCCC[B-](F)(F)F. The molecule has 0 atom stereocenters. The van der Waals surface area contributed by atoms with E-state index in [9.17, 15) is 17.7 Å². The standard InChI is InChI=1S/C9H17BF3O/c11-10(12,13)8-6-4-2-1-3-5-7-9-14/h9H,1-8H2/q-1. The minimum atomic E-state index is -4.58. The predicted octanol–water partition coefficient (Wildman–Crippen LogP) is 3.76. The monoisotopic (exact) mass is 209 g/mol.